The van der Waals surface area contributed by atoms with E-state index in [1.54, 1.807) is 39.7 Å². The van der Waals surface area contributed by atoms with Crippen LogP contribution < -0.4 is 21.8 Å². The second-order valence-corrected chi connectivity index (χ2v) is 11.6. The smallest absolute Gasteiger partial charge is 0.260 e. The third-order valence-electron chi connectivity index (χ3n) is 8.35. The van der Waals surface area contributed by atoms with E-state index in [2.05, 4.69) is 23.8 Å². The highest BCUT2D eigenvalue weighted by Gasteiger charge is 2.21. The Labute approximate surface area is 268 Å². The van der Waals surface area contributed by atoms with E-state index in [0.717, 1.165) is 22.3 Å². The number of nitrogens with zero attached hydrogens (tertiary/aromatic N) is 3. The highest BCUT2D eigenvalue weighted by atomic mass is 16.3. The number of pyridine rings is 3. The molecule has 0 spiro atoms. The van der Waals surface area contributed by atoms with Crippen molar-refractivity contribution in [1.29, 1.82) is 0 Å². The molecule has 0 amide bonds. The molecule has 0 bridgehead atoms. The molecule has 0 radical (unpaired) electrons. The fraction of sp³-hybridized carbons (Fsp3) is 0.270. The molecule has 0 saturated carbocycles. The standard InChI is InChI=1S/C37H41N5O4/c1-5-17-41-22-28(20-38-24(3)34(43)26-13-9-7-10-14-26)32-30(36(41)45)19-31-33(40-32)29(23-42(18-6-2)37(31)46)21-39-25(4)35(44)27-15-11-8-12-16-27/h5-16,19,22-25,34-35,38-39,43-44H,1-2,17-18,20-21H2,3-4H3/t24-,25-,34-,35-/m1/s1. The van der Waals surface area contributed by atoms with E-state index >= 15 is 0 Å². The van der Waals surface area contributed by atoms with E-state index in [1.165, 1.54) is 0 Å². The summed E-state index contributed by atoms with van der Waals surface area (Å²) in [6.45, 7) is 12.6. The lowest BCUT2D eigenvalue weighted by Crippen LogP contribution is -2.33. The Kier molecular flexibility index (Phi) is 10.4. The van der Waals surface area contributed by atoms with Crippen LogP contribution >= 0.6 is 0 Å². The van der Waals surface area contributed by atoms with Crippen LogP contribution in [0.2, 0.25) is 0 Å². The van der Waals surface area contributed by atoms with E-state index in [4.69, 9.17) is 4.98 Å². The molecule has 9 nitrogen and oxygen atoms in total. The van der Waals surface area contributed by atoms with Crippen molar-refractivity contribution in [2.24, 2.45) is 0 Å². The largest absolute Gasteiger partial charge is 0.387 e. The van der Waals surface area contributed by atoms with E-state index < -0.39 is 12.2 Å². The van der Waals surface area contributed by atoms with Crippen LogP contribution in [0.3, 0.4) is 0 Å². The monoisotopic (exact) mass is 619 g/mol. The molecule has 238 valence electrons. The van der Waals surface area contributed by atoms with Crippen LogP contribution in [0, 0.1) is 0 Å². The van der Waals surface area contributed by atoms with E-state index in [9.17, 15) is 19.8 Å². The Hall–Kier alpha value is -4.67. The maximum absolute atomic E-state index is 13.6. The summed E-state index contributed by atoms with van der Waals surface area (Å²) >= 11 is 0. The van der Waals surface area contributed by atoms with Gasteiger partial charge in [-0.1, -0.05) is 72.8 Å². The molecular formula is C37H41N5O4. The summed E-state index contributed by atoms with van der Waals surface area (Å²) in [5, 5.41) is 29.3. The first-order valence-electron chi connectivity index (χ1n) is 15.5. The number of rotatable bonds is 14. The molecule has 5 aromatic rings. The van der Waals surface area contributed by atoms with Gasteiger partial charge in [-0.2, -0.15) is 0 Å². The van der Waals surface area contributed by atoms with Crippen LogP contribution in [0.1, 0.15) is 48.3 Å². The minimum absolute atomic E-state index is 0.275. The van der Waals surface area contributed by atoms with Crippen molar-refractivity contribution in [2.75, 3.05) is 0 Å². The second kappa shape index (κ2) is 14.6. The highest BCUT2D eigenvalue weighted by molar-refractivity contribution is 5.94. The first kappa shape index (κ1) is 32.7. The molecule has 0 saturated heterocycles. The van der Waals surface area contributed by atoms with Crippen LogP contribution in [0.4, 0.5) is 0 Å². The summed E-state index contributed by atoms with van der Waals surface area (Å²) in [5.41, 5.74) is 3.49. The van der Waals surface area contributed by atoms with Gasteiger partial charge in [-0.15, -0.1) is 13.2 Å². The van der Waals surface area contributed by atoms with Crippen molar-refractivity contribution < 1.29 is 10.2 Å². The molecular weight excluding hydrogens is 578 g/mol. The van der Waals surface area contributed by atoms with Crippen LogP contribution in [0.25, 0.3) is 21.8 Å². The normalized spacial score (nSPS) is 14.2. The first-order valence-corrected chi connectivity index (χ1v) is 15.5. The van der Waals surface area contributed by atoms with E-state index in [0.29, 0.717) is 34.9 Å². The number of allylic oxidation sites excluding steroid dienone is 2. The number of fused-ring (bicyclic) bond motifs is 2. The Bertz CT molecular complexity index is 1810. The minimum Gasteiger partial charge on any atom is -0.387 e. The second-order valence-electron chi connectivity index (χ2n) is 11.6. The lowest BCUT2D eigenvalue weighted by atomic mass is 10.0. The zero-order valence-corrected chi connectivity index (χ0v) is 26.3. The summed E-state index contributed by atoms with van der Waals surface area (Å²) in [6.07, 6.45) is 5.33. The summed E-state index contributed by atoms with van der Waals surface area (Å²) < 4.78 is 3.11. The first-order chi connectivity index (χ1) is 22.2. The zero-order chi connectivity index (χ0) is 32.8. The quantitative estimate of drug-likeness (QED) is 0.107. The van der Waals surface area contributed by atoms with Gasteiger partial charge in [0.2, 0.25) is 0 Å². The molecule has 0 fully saturated rings. The molecule has 3 heterocycles. The Morgan fingerprint density at radius 1 is 0.717 bits per heavy atom. The Balaban J connectivity index is 1.57. The highest BCUT2D eigenvalue weighted by Crippen LogP contribution is 2.24. The molecule has 3 aromatic heterocycles. The number of hydrogen-bond donors (Lipinski definition) is 4. The summed E-state index contributed by atoms with van der Waals surface area (Å²) in [6, 6.07) is 19.9. The van der Waals surface area contributed by atoms with Gasteiger partial charge in [-0.05, 0) is 31.0 Å². The van der Waals surface area contributed by atoms with Crippen LogP contribution in [-0.2, 0) is 26.2 Å². The van der Waals surface area contributed by atoms with Crippen LogP contribution in [0.5, 0.6) is 0 Å². The molecule has 9 heteroatoms. The fourth-order valence-electron chi connectivity index (χ4n) is 5.71. The predicted molar refractivity (Wildman–Crippen MR) is 184 cm³/mol. The molecule has 0 unspecified atom stereocenters. The van der Waals surface area contributed by atoms with Crippen molar-refractivity contribution in [3.63, 3.8) is 0 Å². The average Bonchev–Trinajstić information content (AvgIpc) is 3.09. The molecule has 4 atom stereocenters. The lowest BCUT2D eigenvalue weighted by Gasteiger charge is -2.22. The third kappa shape index (κ3) is 6.93. The van der Waals surface area contributed by atoms with Gasteiger partial charge in [0.05, 0.1) is 34.0 Å². The maximum Gasteiger partial charge on any atom is 0.260 e. The SMILES string of the molecule is C=CCn1cc(CN[C@H](C)[C@@H](O)c2ccccc2)c2nc3c(CN[C@H](C)[C@@H](O)c4ccccc4)cn(CC=C)c(=O)c3cc2c1=O. The number of aromatic nitrogens is 3. The average molecular weight is 620 g/mol. The maximum atomic E-state index is 13.6. The number of aliphatic hydroxyl groups excluding tert-OH is 2. The Morgan fingerprint density at radius 3 is 1.48 bits per heavy atom. The Morgan fingerprint density at radius 2 is 1.11 bits per heavy atom. The zero-order valence-electron chi connectivity index (χ0n) is 26.3. The topological polar surface area (TPSA) is 121 Å². The number of hydrogen-bond acceptors (Lipinski definition) is 7. The lowest BCUT2D eigenvalue weighted by molar-refractivity contribution is 0.135. The van der Waals surface area contributed by atoms with Gasteiger partial charge >= 0.3 is 0 Å². The van der Waals surface area contributed by atoms with Gasteiger partial charge in [-0.25, -0.2) is 4.98 Å². The molecule has 5 rings (SSSR count). The van der Waals surface area contributed by atoms with Crippen molar-refractivity contribution in [3.05, 3.63) is 147 Å². The summed E-state index contributed by atoms with van der Waals surface area (Å²) in [7, 11) is 0. The van der Waals surface area contributed by atoms with Crippen molar-refractivity contribution in [3.8, 4) is 0 Å². The molecule has 0 aliphatic heterocycles. The van der Waals surface area contributed by atoms with Crippen molar-refractivity contribution in [1.82, 2.24) is 24.8 Å². The van der Waals surface area contributed by atoms with Gasteiger partial charge in [0.25, 0.3) is 11.1 Å². The molecule has 46 heavy (non-hydrogen) atoms. The number of aliphatic hydroxyl groups is 2. The van der Waals surface area contributed by atoms with Gasteiger partial charge < -0.3 is 30.0 Å². The summed E-state index contributed by atoms with van der Waals surface area (Å²) in [4.78, 5) is 32.2. The van der Waals surface area contributed by atoms with Crippen LogP contribution in [0.15, 0.2) is 114 Å². The predicted octanol–water partition coefficient (Wildman–Crippen LogP) is 4.51. The molecule has 0 aliphatic rings. The van der Waals surface area contributed by atoms with Gasteiger partial charge in [0, 0.05) is 61.8 Å². The molecule has 2 aromatic carbocycles. The van der Waals surface area contributed by atoms with E-state index in [1.807, 2.05) is 74.5 Å². The van der Waals surface area contributed by atoms with Gasteiger partial charge in [0.1, 0.15) is 0 Å². The van der Waals surface area contributed by atoms with Crippen LogP contribution in [-0.4, -0.2) is 36.4 Å². The van der Waals surface area contributed by atoms with Crippen molar-refractivity contribution in [2.45, 2.75) is 64.3 Å². The summed E-state index contributed by atoms with van der Waals surface area (Å²) in [5.74, 6) is 0. The van der Waals surface area contributed by atoms with Gasteiger partial charge in [0.15, 0.2) is 0 Å². The molecule has 4 N–H and O–H groups in total. The third-order valence-corrected chi connectivity index (χ3v) is 8.35. The fourth-order valence-corrected chi connectivity index (χ4v) is 5.71. The number of benzene rings is 2. The van der Waals surface area contributed by atoms with Crippen molar-refractivity contribution >= 4 is 21.8 Å². The minimum atomic E-state index is -0.741. The van der Waals surface area contributed by atoms with Gasteiger partial charge in [-0.3, -0.25) is 9.59 Å². The van der Waals surface area contributed by atoms with E-state index in [-0.39, 0.29) is 36.3 Å². The molecule has 0 aliphatic carbocycles. The number of nitrogens with one attached hydrogen (secondary N) is 2.